The third kappa shape index (κ3) is 4.08. The standard InChI is InChI=1S/C19H17ClN6/c1-11-8-12(2)16(13(3)9-11)23-19-25-17(20)24-18(26-19)22-15-6-4-14(10-21)5-7-15/h4-9H,1-3H3,(H2,22,23,24,25,26). The normalized spacial score (nSPS) is 10.3. The molecule has 0 unspecified atom stereocenters. The Kier molecular flexibility index (Phi) is 5.01. The number of hydrogen-bond acceptors (Lipinski definition) is 6. The summed E-state index contributed by atoms with van der Waals surface area (Å²) >= 11 is 6.05. The number of rotatable bonds is 4. The predicted molar refractivity (Wildman–Crippen MR) is 103 cm³/mol. The summed E-state index contributed by atoms with van der Waals surface area (Å²) in [6, 6.07) is 13.2. The van der Waals surface area contributed by atoms with Crippen molar-refractivity contribution in [1.29, 1.82) is 5.26 Å². The average molecular weight is 365 g/mol. The average Bonchev–Trinajstić information content (AvgIpc) is 2.58. The summed E-state index contributed by atoms with van der Waals surface area (Å²) in [4.78, 5) is 12.6. The number of nitrogens with zero attached hydrogens (tertiary/aromatic N) is 4. The molecule has 0 fully saturated rings. The molecule has 0 spiro atoms. The molecule has 0 atom stereocenters. The topological polar surface area (TPSA) is 86.5 Å². The first-order valence-corrected chi connectivity index (χ1v) is 8.36. The zero-order chi connectivity index (χ0) is 18.7. The molecular formula is C19H17ClN6. The second-order valence-corrected chi connectivity index (χ2v) is 6.30. The second kappa shape index (κ2) is 7.38. The van der Waals surface area contributed by atoms with Gasteiger partial charge in [0.05, 0.1) is 11.6 Å². The van der Waals surface area contributed by atoms with Gasteiger partial charge in [0, 0.05) is 11.4 Å². The van der Waals surface area contributed by atoms with E-state index in [0.717, 1.165) is 22.5 Å². The highest BCUT2D eigenvalue weighted by Crippen LogP contribution is 2.25. The molecule has 1 heterocycles. The molecule has 0 amide bonds. The van der Waals surface area contributed by atoms with Crippen molar-refractivity contribution in [2.45, 2.75) is 20.8 Å². The minimum absolute atomic E-state index is 0.0843. The number of aromatic nitrogens is 3. The van der Waals surface area contributed by atoms with E-state index in [1.165, 1.54) is 5.56 Å². The molecule has 7 heteroatoms. The number of nitriles is 1. The first-order chi connectivity index (χ1) is 12.4. The molecule has 0 radical (unpaired) electrons. The van der Waals surface area contributed by atoms with Crippen molar-refractivity contribution in [3.63, 3.8) is 0 Å². The third-order valence-electron chi connectivity index (χ3n) is 3.79. The summed E-state index contributed by atoms with van der Waals surface area (Å²) in [6.45, 7) is 6.12. The van der Waals surface area contributed by atoms with Crippen molar-refractivity contribution in [2.24, 2.45) is 0 Å². The van der Waals surface area contributed by atoms with E-state index in [-0.39, 0.29) is 5.28 Å². The van der Waals surface area contributed by atoms with Crippen LogP contribution in [0, 0.1) is 32.1 Å². The lowest BCUT2D eigenvalue weighted by Crippen LogP contribution is -2.05. The van der Waals surface area contributed by atoms with Crippen LogP contribution in [0.4, 0.5) is 23.3 Å². The monoisotopic (exact) mass is 364 g/mol. The number of aryl methyl sites for hydroxylation is 3. The smallest absolute Gasteiger partial charge is 0.233 e. The Morgan fingerprint density at radius 1 is 0.885 bits per heavy atom. The quantitative estimate of drug-likeness (QED) is 0.690. The van der Waals surface area contributed by atoms with Gasteiger partial charge in [0.1, 0.15) is 0 Å². The summed E-state index contributed by atoms with van der Waals surface area (Å²) in [5, 5.41) is 15.2. The molecule has 2 aromatic carbocycles. The summed E-state index contributed by atoms with van der Waals surface area (Å²) in [6.07, 6.45) is 0. The number of benzene rings is 2. The Morgan fingerprint density at radius 2 is 1.46 bits per heavy atom. The minimum atomic E-state index is 0.0843. The first kappa shape index (κ1) is 17.6. The maximum Gasteiger partial charge on any atom is 0.233 e. The zero-order valence-corrected chi connectivity index (χ0v) is 15.4. The van der Waals surface area contributed by atoms with Crippen molar-refractivity contribution in [3.05, 3.63) is 63.9 Å². The molecule has 2 N–H and O–H groups in total. The fourth-order valence-electron chi connectivity index (χ4n) is 2.71. The molecule has 0 aliphatic rings. The summed E-state index contributed by atoms with van der Waals surface area (Å²) in [7, 11) is 0. The van der Waals surface area contributed by atoms with Gasteiger partial charge in [0.15, 0.2) is 0 Å². The summed E-state index contributed by atoms with van der Waals surface area (Å²) < 4.78 is 0. The lowest BCUT2D eigenvalue weighted by atomic mass is 10.1. The highest BCUT2D eigenvalue weighted by molar-refractivity contribution is 6.28. The van der Waals surface area contributed by atoms with Crippen molar-refractivity contribution >= 4 is 34.9 Å². The summed E-state index contributed by atoms with van der Waals surface area (Å²) in [5.41, 5.74) is 5.67. The van der Waals surface area contributed by atoms with Crippen molar-refractivity contribution in [2.75, 3.05) is 10.6 Å². The third-order valence-corrected chi connectivity index (χ3v) is 3.96. The molecular weight excluding hydrogens is 348 g/mol. The molecule has 0 saturated carbocycles. The molecule has 6 nitrogen and oxygen atoms in total. The molecule has 1 aromatic heterocycles. The van der Waals surface area contributed by atoms with Gasteiger partial charge in [-0.2, -0.15) is 20.2 Å². The Morgan fingerprint density at radius 3 is 2.04 bits per heavy atom. The van der Waals surface area contributed by atoms with Crippen molar-refractivity contribution in [1.82, 2.24) is 15.0 Å². The van der Waals surface area contributed by atoms with Crippen LogP contribution in [-0.2, 0) is 0 Å². The first-order valence-electron chi connectivity index (χ1n) is 7.98. The van der Waals surface area contributed by atoms with E-state index in [9.17, 15) is 0 Å². The van der Waals surface area contributed by atoms with Gasteiger partial charge >= 0.3 is 0 Å². The number of anilines is 4. The minimum Gasteiger partial charge on any atom is -0.324 e. The largest absolute Gasteiger partial charge is 0.324 e. The second-order valence-electron chi connectivity index (χ2n) is 5.96. The fraction of sp³-hybridized carbons (Fsp3) is 0.158. The van der Waals surface area contributed by atoms with Crippen LogP contribution in [0.1, 0.15) is 22.3 Å². The molecule has 26 heavy (non-hydrogen) atoms. The van der Waals surface area contributed by atoms with Gasteiger partial charge in [-0.1, -0.05) is 17.7 Å². The Hall–Kier alpha value is -3.17. The van der Waals surface area contributed by atoms with Crippen LogP contribution >= 0.6 is 11.6 Å². The van der Waals surface area contributed by atoms with Crippen LogP contribution in [0.15, 0.2) is 36.4 Å². The molecule has 0 aliphatic carbocycles. The van der Waals surface area contributed by atoms with Gasteiger partial charge < -0.3 is 10.6 Å². The van der Waals surface area contributed by atoms with E-state index >= 15 is 0 Å². The van der Waals surface area contributed by atoms with Crippen LogP contribution < -0.4 is 10.6 Å². The SMILES string of the molecule is Cc1cc(C)c(Nc2nc(Cl)nc(Nc3ccc(C#N)cc3)n2)c(C)c1. The van der Waals surface area contributed by atoms with Gasteiger partial charge in [0.25, 0.3) is 0 Å². The number of nitrogens with one attached hydrogen (secondary N) is 2. The van der Waals surface area contributed by atoms with Crippen molar-refractivity contribution in [3.8, 4) is 6.07 Å². The Bertz CT molecular complexity index is 969. The van der Waals surface area contributed by atoms with Gasteiger partial charge in [-0.25, -0.2) is 0 Å². The molecule has 0 saturated heterocycles. The molecule has 0 aliphatic heterocycles. The van der Waals surface area contributed by atoms with Crippen LogP contribution in [0.25, 0.3) is 0 Å². The molecule has 3 rings (SSSR count). The van der Waals surface area contributed by atoms with Gasteiger partial charge in [-0.05, 0) is 67.8 Å². The lowest BCUT2D eigenvalue weighted by Gasteiger charge is -2.13. The zero-order valence-electron chi connectivity index (χ0n) is 14.6. The Labute approximate surface area is 156 Å². The van der Waals surface area contributed by atoms with Crippen molar-refractivity contribution < 1.29 is 0 Å². The van der Waals surface area contributed by atoms with Gasteiger partial charge in [0.2, 0.25) is 17.2 Å². The van der Waals surface area contributed by atoms with Crippen LogP contribution in [-0.4, -0.2) is 15.0 Å². The highest BCUT2D eigenvalue weighted by Gasteiger charge is 2.09. The van der Waals surface area contributed by atoms with Crippen LogP contribution in [0.3, 0.4) is 0 Å². The predicted octanol–water partition coefficient (Wildman–Crippen LogP) is 4.81. The van der Waals surface area contributed by atoms with Crippen LogP contribution in [0.5, 0.6) is 0 Å². The maximum atomic E-state index is 8.86. The molecule has 130 valence electrons. The lowest BCUT2D eigenvalue weighted by molar-refractivity contribution is 1.06. The Balaban J connectivity index is 1.87. The summed E-state index contributed by atoms with van der Waals surface area (Å²) in [5.74, 6) is 0.677. The van der Waals surface area contributed by atoms with Gasteiger partial charge in [-0.15, -0.1) is 0 Å². The van der Waals surface area contributed by atoms with E-state index in [1.807, 2.05) is 13.8 Å². The number of halogens is 1. The van der Waals surface area contributed by atoms with E-state index in [2.05, 4.69) is 50.7 Å². The maximum absolute atomic E-state index is 8.86. The van der Waals surface area contributed by atoms with E-state index < -0.39 is 0 Å². The van der Waals surface area contributed by atoms with E-state index in [1.54, 1.807) is 24.3 Å². The van der Waals surface area contributed by atoms with E-state index in [0.29, 0.717) is 17.5 Å². The van der Waals surface area contributed by atoms with E-state index in [4.69, 9.17) is 16.9 Å². The highest BCUT2D eigenvalue weighted by atomic mass is 35.5. The fourth-order valence-corrected chi connectivity index (χ4v) is 2.87. The molecule has 0 bridgehead atoms. The van der Waals surface area contributed by atoms with Crippen LogP contribution in [0.2, 0.25) is 5.28 Å². The number of hydrogen-bond donors (Lipinski definition) is 2. The molecule has 3 aromatic rings. The van der Waals surface area contributed by atoms with Gasteiger partial charge in [-0.3, -0.25) is 0 Å².